The second-order valence-corrected chi connectivity index (χ2v) is 8.71. The molecule has 176 valence electrons. The van der Waals surface area contributed by atoms with Crippen LogP contribution in [0.3, 0.4) is 0 Å². The third-order valence-electron chi connectivity index (χ3n) is 5.96. The van der Waals surface area contributed by atoms with Gasteiger partial charge < -0.3 is 20.5 Å². The number of amides is 2. The number of fused-ring (bicyclic) bond motifs is 3. The van der Waals surface area contributed by atoms with Crippen LogP contribution in [0.2, 0.25) is 0 Å². The van der Waals surface area contributed by atoms with Gasteiger partial charge in [-0.3, -0.25) is 9.48 Å². The number of nitrogens with zero attached hydrogens (tertiary/aromatic N) is 2. The highest BCUT2D eigenvalue weighted by Crippen LogP contribution is 2.44. The second kappa shape index (κ2) is 9.01. The van der Waals surface area contributed by atoms with Gasteiger partial charge >= 0.3 is 12.1 Å². The van der Waals surface area contributed by atoms with Crippen molar-refractivity contribution in [3.05, 3.63) is 77.1 Å². The average molecular weight is 463 g/mol. The van der Waals surface area contributed by atoms with Crippen molar-refractivity contribution >= 4 is 18.0 Å². The summed E-state index contributed by atoms with van der Waals surface area (Å²) in [6.07, 6.45) is 0.829. The third kappa shape index (κ3) is 4.36. The van der Waals surface area contributed by atoms with Crippen molar-refractivity contribution in [2.45, 2.75) is 31.8 Å². The van der Waals surface area contributed by atoms with Crippen molar-refractivity contribution in [3.8, 4) is 11.1 Å². The minimum Gasteiger partial charge on any atom is -0.480 e. The highest BCUT2D eigenvalue weighted by Gasteiger charge is 2.32. The van der Waals surface area contributed by atoms with E-state index in [2.05, 4.69) is 27.9 Å². The molecule has 0 saturated heterocycles. The standard InChI is InChI=1S/C25H26N4O5/c1-25(2,23(31)32)28-22(30)21-15(13-27-29(21)3)12-26-24(33)34-14-20-18-10-6-4-8-16(18)17-9-5-7-11-19(17)20/h4-11,13,20H,12,14H2,1-3H3,(H,26,33)(H,28,30)(H,31,32). The van der Waals surface area contributed by atoms with Crippen LogP contribution in [0.25, 0.3) is 11.1 Å². The molecule has 9 heteroatoms. The lowest BCUT2D eigenvalue weighted by Gasteiger charge is -2.21. The summed E-state index contributed by atoms with van der Waals surface area (Å²) in [4.78, 5) is 36.5. The Bertz CT molecular complexity index is 1220. The van der Waals surface area contributed by atoms with Crippen molar-refractivity contribution in [1.82, 2.24) is 20.4 Å². The van der Waals surface area contributed by atoms with Crippen LogP contribution in [-0.4, -0.2) is 45.0 Å². The van der Waals surface area contributed by atoms with E-state index in [0.29, 0.717) is 5.56 Å². The quantitative estimate of drug-likeness (QED) is 0.496. The van der Waals surface area contributed by atoms with E-state index in [1.165, 1.54) is 24.7 Å². The molecule has 0 radical (unpaired) electrons. The van der Waals surface area contributed by atoms with Crippen LogP contribution in [0.1, 0.15) is 46.9 Å². The molecule has 2 aromatic carbocycles. The number of carbonyl (C=O) groups excluding carboxylic acids is 2. The molecule has 1 aliphatic rings. The highest BCUT2D eigenvalue weighted by atomic mass is 16.5. The minimum absolute atomic E-state index is 0.000761. The fraction of sp³-hybridized carbons (Fsp3) is 0.280. The van der Waals surface area contributed by atoms with Gasteiger partial charge in [0.2, 0.25) is 0 Å². The van der Waals surface area contributed by atoms with Gasteiger partial charge in [-0.15, -0.1) is 0 Å². The molecule has 2 amide bonds. The first kappa shape index (κ1) is 23.0. The van der Waals surface area contributed by atoms with Gasteiger partial charge in [0.25, 0.3) is 5.91 Å². The molecule has 0 unspecified atom stereocenters. The van der Waals surface area contributed by atoms with E-state index in [9.17, 15) is 19.5 Å². The lowest BCUT2D eigenvalue weighted by atomic mass is 9.98. The molecule has 1 aromatic heterocycles. The van der Waals surface area contributed by atoms with Crippen LogP contribution in [-0.2, 0) is 23.1 Å². The Balaban J connectivity index is 1.40. The number of benzene rings is 2. The molecule has 4 rings (SSSR count). The maximum Gasteiger partial charge on any atom is 0.407 e. The summed E-state index contributed by atoms with van der Waals surface area (Å²) in [5, 5.41) is 18.4. The molecule has 34 heavy (non-hydrogen) atoms. The van der Waals surface area contributed by atoms with Gasteiger partial charge in [-0.05, 0) is 36.1 Å². The summed E-state index contributed by atoms with van der Waals surface area (Å²) in [5.74, 6) is -1.82. The van der Waals surface area contributed by atoms with Crippen molar-refractivity contribution in [2.24, 2.45) is 7.05 Å². The molecule has 9 nitrogen and oxygen atoms in total. The average Bonchev–Trinajstić information content (AvgIpc) is 3.33. The summed E-state index contributed by atoms with van der Waals surface area (Å²) >= 11 is 0. The molecule has 0 atom stereocenters. The van der Waals surface area contributed by atoms with Gasteiger partial charge in [0, 0.05) is 18.5 Å². The van der Waals surface area contributed by atoms with Crippen LogP contribution in [0.15, 0.2) is 54.7 Å². The summed E-state index contributed by atoms with van der Waals surface area (Å²) in [6, 6.07) is 16.1. The number of ether oxygens (including phenoxy) is 1. The summed E-state index contributed by atoms with van der Waals surface area (Å²) in [6.45, 7) is 2.95. The lowest BCUT2D eigenvalue weighted by Crippen LogP contribution is -2.50. The van der Waals surface area contributed by atoms with Crippen LogP contribution in [0, 0.1) is 0 Å². The van der Waals surface area contributed by atoms with E-state index in [0.717, 1.165) is 22.3 Å². The first-order valence-corrected chi connectivity index (χ1v) is 10.8. The number of nitrogens with one attached hydrogen (secondary N) is 2. The van der Waals surface area contributed by atoms with E-state index < -0.39 is 23.5 Å². The van der Waals surface area contributed by atoms with Gasteiger partial charge in [-0.25, -0.2) is 9.59 Å². The number of carboxylic acids is 1. The molecule has 1 heterocycles. The topological polar surface area (TPSA) is 123 Å². The Kier molecular flexibility index (Phi) is 6.10. The number of hydrogen-bond acceptors (Lipinski definition) is 5. The van der Waals surface area contributed by atoms with Crippen molar-refractivity contribution in [3.63, 3.8) is 0 Å². The SMILES string of the molecule is Cn1ncc(CNC(=O)OCC2c3ccccc3-c3ccccc32)c1C(=O)NC(C)(C)C(=O)O. The number of aryl methyl sites for hydroxylation is 1. The van der Waals surface area contributed by atoms with Gasteiger partial charge in [0.05, 0.1) is 12.7 Å². The fourth-order valence-corrected chi connectivity index (χ4v) is 4.12. The number of alkyl carbamates (subject to hydrolysis) is 1. The number of hydrogen-bond donors (Lipinski definition) is 3. The van der Waals surface area contributed by atoms with Crippen LogP contribution >= 0.6 is 0 Å². The normalized spacial score (nSPS) is 12.6. The Morgan fingerprint density at radius 2 is 1.65 bits per heavy atom. The zero-order chi connectivity index (χ0) is 24.5. The first-order valence-electron chi connectivity index (χ1n) is 10.8. The van der Waals surface area contributed by atoms with E-state index in [1.54, 1.807) is 7.05 Å². The molecule has 1 aliphatic carbocycles. The van der Waals surface area contributed by atoms with Crippen molar-refractivity contribution in [2.75, 3.05) is 6.61 Å². The van der Waals surface area contributed by atoms with Crippen molar-refractivity contribution in [1.29, 1.82) is 0 Å². The number of carbonyl (C=O) groups is 3. The molecule has 0 aliphatic heterocycles. The van der Waals surface area contributed by atoms with E-state index in [4.69, 9.17) is 4.74 Å². The molecular formula is C25H26N4O5. The zero-order valence-electron chi connectivity index (χ0n) is 19.2. The Labute approximate surface area is 196 Å². The molecule has 3 aromatic rings. The monoisotopic (exact) mass is 462 g/mol. The molecule has 0 saturated carbocycles. The summed E-state index contributed by atoms with van der Waals surface area (Å²) in [5.41, 5.74) is 3.65. The first-order chi connectivity index (χ1) is 16.2. The minimum atomic E-state index is -1.46. The Morgan fingerprint density at radius 1 is 1.06 bits per heavy atom. The lowest BCUT2D eigenvalue weighted by molar-refractivity contribution is -0.143. The molecule has 0 bridgehead atoms. The second-order valence-electron chi connectivity index (χ2n) is 8.71. The number of aliphatic carboxylic acids is 1. The maximum atomic E-state index is 12.7. The van der Waals surface area contributed by atoms with Gasteiger partial charge in [0.15, 0.2) is 0 Å². The van der Waals surface area contributed by atoms with Crippen LogP contribution in [0.4, 0.5) is 4.79 Å². The van der Waals surface area contributed by atoms with Gasteiger partial charge in [-0.2, -0.15) is 5.10 Å². The van der Waals surface area contributed by atoms with Gasteiger partial charge in [0.1, 0.15) is 17.8 Å². The molecule has 0 fully saturated rings. The number of carboxylic acid groups (broad SMARTS) is 1. The predicted molar refractivity (Wildman–Crippen MR) is 124 cm³/mol. The largest absolute Gasteiger partial charge is 0.480 e. The van der Waals surface area contributed by atoms with Crippen molar-refractivity contribution < 1.29 is 24.2 Å². The van der Waals surface area contributed by atoms with Crippen LogP contribution in [0.5, 0.6) is 0 Å². The molecular weight excluding hydrogens is 436 g/mol. The third-order valence-corrected chi connectivity index (χ3v) is 5.96. The summed E-state index contributed by atoms with van der Waals surface area (Å²) in [7, 11) is 1.57. The maximum absolute atomic E-state index is 12.7. The van der Waals surface area contributed by atoms with E-state index in [1.807, 2.05) is 36.4 Å². The smallest absolute Gasteiger partial charge is 0.407 e. The Hall–Kier alpha value is -4.14. The number of aromatic nitrogens is 2. The fourth-order valence-electron chi connectivity index (χ4n) is 4.12. The van der Waals surface area contributed by atoms with Gasteiger partial charge in [-0.1, -0.05) is 48.5 Å². The molecule has 0 spiro atoms. The summed E-state index contributed by atoms with van der Waals surface area (Å²) < 4.78 is 6.86. The van der Waals surface area contributed by atoms with E-state index >= 15 is 0 Å². The number of rotatable bonds is 7. The highest BCUT2D eigenvalue weighted by molar-refractivity contribution is 5.97. The van der Waals surface area contributed by atoms with E-state index in [-0.39, 0.29) is 24.8 Å². The Morgan fingerprint density at radius 3 is 2.24 bits per heavy atom. The molecule has 3 N–H and O–H groups in total. The van der Waals surface area contributed by atoms with Crippen LogP contribution < -0.4 is 10.6 Å². The predicted octanol–water partition coefficient (Wildman–Crippen LogP) is 3.05. The zero-order valence-corrected chi connectivity index (χ0v) is 19.2.